The number of carbonyl (C=O) groups is 2. The number of nitrogens with zero attached hydrogens (tertiary/aromatic N) is 4. The number of unbranched alkanes of at least 4 members (excludes halogenated alkanes) is 1. The predicted molar refractivity (Wildman–Crippen MR) is 114 cm³/mol. The number of hydrogen-bond donors (Lipinski definition) is 0. The molecule has 0 rings (SSSR count). The summed E-state index contributed by atoms with van der Waals surface area (Å²) >= 11 is 3.40. The molecule has 0 atom stereocenters. The fourth-order valence-corrected chi connectivity index (χ4v) is 3.50. The SMILES string of the molecule is [B]=NCCN(CCSC)C(=O)CCSCCN(CCCC)C(=O)CN=[B]. The fraction of sp³-hybridized carbons (Fsp3) is 0.875. The van der Waals surface area contributed by atoms with E-state index < -0.39 is 0 Å². The Morgan fingerprint density at radius 1 is 0.923 bits per heavy atom. The second kappa shape index (κ2) is 17.8. The molecule has 10 heteroatoms. The molecule has 144 valence electrons. The zero-order valence-electron chi connectivity index (χ0n) is 16.1. The fourth-order valence-electron chi connectivity index (χ4n) is 2.22. The molecule has 0 aliphatic carbocycles. The number of hydrogen-bond acceptors (Lipinski definition) is 6. The van der Waals surface area contributed by atoms with Crippen molar-refractivity contribution in [3.63, 3.8) is 0 Å². The van der Waals surface area contributed by atoms with Gasteiger partial charge in [0.25, 0.3) is 0 Å². The number of carbonyl (C=O) groups excluding carboxylic acids is 2. The van der Waals surface area contributed by atoms with Gasteiger partial charge in [-0.05, 0) is 0 Å². The molecule has 0 heterocycles. The molecule has 2 amide bonds. The van der Waals surface area contributed by atoms with Crippen LogP contribution in [0.5, 0.6) is 0 Å². The maximum atomic E-state index is 12.3. The van der Waals surface area contributed by atoms with Gasteiger partial charge in [0.1, 0.15) is 0 Å². The summed E-state index contributed by atoms with van der Waals surface area (Å²) in [4.78, 5) is 34.9. The van der Waals surface area contributed by atoms with Crippen molar-refractivity contribution in [3.05, 3.63) is 0 Å². The predicted octanol–water partition coefficient (Wildman–Crippen LogP) is 1.63. The third-order valence-electron chi connectivity index (χ3n) is 3.74. The molecule has 6 nitrogen and oxygen atoms in total. The van der Waals surface area contributed by atoms with Crippen LogP contribution < -0.4 is 0 Å². The second-order valence-electron chi connectivity index (χ2n) is 5.72. The summed E-state index contributed by atoms with van der Waals surface area (Å²) in [5, 5.41) is 0. The van der Waals surface area contributed by atoms with Crippen molar-refractivity contribution in [3.8, 4) is 0 Å². The number of amides is 2. The van der Waals surface area contributed by atoms with E-state index in [0.717, 1.165) is 43.2 Å². The van der Waals surface area contributed by atoms with Gasteiger partial charge in [-0.1, -0.05) is 0 Å². The Kier molecular flexibility index (Phi) is 17.3. The Balaban J connectivity index is 4.17. The summed E-state index contributed by atoms with van der Waals surface area (Å²) in [7, 11) is 10.3. The van der Waals surface area contributed by atoms with Crippen LogP contribution in [0.3, 0.4) is 0 Å². The molecule has 0 spiro atoms. The molecular formula is C16H30B2N4O2S2. The summed E-state index contributed by atoms with van der Waals surface area (Å²) in [5.41, 5.74) is 0. The Hall–Kier alpha value is -0.630. The van der Waals surface area contributed by atoms with E-state index in [1.165, 1.54) is 0 Å². The van der Waals surface area contributed by atoms with Crippen LogP contribution >= 0.6 is 23.5 Å². The molecule has 2 radical (unpaired) electrons. The van der Waals surface area contributed by atoms with Crippen molar-refractivity contribution in [1.29, 1.82) is 0 Å². The van der Waals surface area contributed by atoms with Gasteiger partial charge in [-0.15, -0.1) is 0 Å². The van der Waals surface area contributed by atoms with Gasteiger partial charge in [0.15, 0.2) is 0 Å². The van der Waals surface area contributed by atoms with Crippen molar-refractivity contribution in [1.82, 2.24) is 9.80 Å². The standard InChI is InChI=1S/C16H30B2N4O2S2/c1-3-4-7-21(16(24)14-20-18)10-13-26-11-5-15(23)22(8-6-19-17)9-12-25-2/h3-14H2,1-2H3. The van der Waals surface area contributed by atoms with Gasteiger partial charge >= 0.3 is 169 Å². The van der Waals surface area contributed by atoms with Gasteiger partial charge in [0, 0.05) is 0 Å². The molecule has 0 aliphatic heterocycles. The zero-order valence-corrected chi connectivity index (χ0v) is 17.7. The molecule has 0 aromatic carbocycles. The molecule has 0 aliphatic rings. The molecule has 0 aromatic rings. The second-order valence-corrected chi connectivity index (χ2v) is 7.93. The Bertz CT molecular complexity index is 431. The van der Waals surface area contributed by atoms with E-state index in [-0.39, 0.29) is 18.4 Å². The van der Waals surface area contributed by atoms with Gasteiger partial charge in [-0.3, -0.25) is 0 Å². The van der Waals surface area contributed by atoms with E-state index in [2.05, 4.69) is 16.7 Å². The van der Waals surface area contributed by atoms with Gasteiger partial charge in [-0.25, -0.2) is 0 Å². The van der Waals surface area contributed by atoms with E-state index >= 15 is 0 Å². The van der Waals surface area contributed by atoms with Crippen molar-refractivity contribution in [2.75, 3.05) is 62.8 Å². The first-order valence-corrected chi connectivity index (χ1v) is 11.5. The third-order valence-corrected chi connectivity index (χ3v) is 5.30. The first kappa shape index (κ1) is 25.4. The van der Waals surface area contributed by atoms with Gasteiger partial charge in [0.05, 0.1) is 0 Å². The van der Waals surface area contributed by atoms with Crippen LogP contribution in [0.1, 0.15) is 26.2 Å². The van der Waals surface area contributed by atoms with Crippen LogP contribution in [0.4, 0.5) is 0 Å². The van der Waals surface area contributed by atoms with Gasteiger partial charge in [-0.2, -0.15) is 0 Å². The van der Waals surface area contributed by atoms with E-state index in [1.54, 1.807) is 23.5 Å². The van der Waals surface area contributed by atoms with Crippen LogP contribution in [-0.4, -0.2) is 99.7 Å². The molecule has 0 unspecified atom stereocenters. The van der Waals surface area contributed by atoms with Crippen LogP contribution in [0.2, 0.25) is 0 Å². The van der Waals surface area contributed by atoms with Crippen molar-refractivity contribution in [2.24, 2.45) is 9.79 Å². The molecule has 0 aromatic heterocycles. The topological polar surface area (TPSA) is 65.3 Å². The summed E-state index contributed by atoms with van der Waals surface area (Å²) < 4.78 is 0. The Morgan fingerprint density at radius 3 is 2.23 bits per heavy atom. The van der Waals surface area contributed by atoms with Crippen LogP contribution in [0.15, 0.2) is 9.79 Å². The molecule has 0 saturated heterocycles. The van der Waals surface area contributed by atoms with E-state index in [4.69, 9.17) is 15.3 Å². The summed E-state index contributed by atoms with van der Waals surface area (Å²) in [5.74, 6) is 2.55. The molecule has 0 bridgehead atoms. The zero-order chi connectivity index (χ0) is 19.6. The number of rotatable bonds is 17. The van der Waals surface area contributed by atoms with Crippen LogP contribution in [0.25, 0.3) is 0 Å². The molecule has 0 saturated carbocycles. The Labute approximate surface area is 168 Å². The quantitative estimate of drug-likeness (QED) is 0.277. The monoisotopic (exact) mass is 396 g/mol. The van der Waals surface area contributed by atoms with Gasteiger partial charge in [0.2, 0.25) is 0 Å². The normalized spacial score (nSPS) is 10.3. The average molecular weight is 396 g/mol. The van der Waals surface area contributed by atoms with E-state index in [1.807, 2.05) is 16.1 Å². The maximum absolute atomic E-state index is 12.3. The van der Waals surface area contributed by atoms with Crippen LogP contribution in [-0.2, 0) is 9.59 Å². The average Bonchev–Trinajstić information content (AvgIpc) is 2.64. The molecule has 0 fully saturated rings. The van der Waals surface area contributed by atoms with E-state index in [0.29, 0.717) is 26.1 Å². The Morgan fingerprint density at radius 2 is 1.62 bits per heavy atom. The minimum absolute atomic E-state index is 0.0312. The van der Waals surface area contributed by atoms with Crippen LogP contribution in [0, 0.1) is 0 Å². The first-order valence-electron chi connectivity index (χ1n) is 8.96. The third kappa shape index (κ3) is 12.7. The van der Waals surface area contributed by atoms with Crippen molar-refractivity contribution >= 4 is 50.6 Å². The molecular weight excluding hydrogens is 366 g/mol. The molecule has 26 heavy (non-hydrogen) atoms. The summed E-state index contributed by atoms with van der Waals surface area (Å²) in [6.45, 7) is 5.28. The minimum atomic E-state index is -0.0357. The first-order chi connectivity index (χ1) is 12.6. The van der Waals surface area contributed by atoms with Crippen molar-refractivity contribution in [2.45, 2.75) is 26.2 Å². The summed E-state index contributed by atoms with van der Waals surface area (Å²) in [6.07, 6.45) is 4.52. The van der Waals surface area contributed by atoms with Crippen molar-refractivity contribution < 1.29 is 9.59 Å². The van der Waals surface area contributed by atoms with E-state index in [9.17, 15) is 9.59 Å². The number of thioether (sulfide) groups is 2. The molecule has 0 N–H and O–H groups in total. The summed E-state index contributed by atoms with van der Waals surface area (Å²) in [6, 6.07) is 0. The van der Waals surface area contributed by atoms with Gasteiger partial charge < -0.3 is 0 Å².